The van der Waals surface area contributed by atoms with Gasteiger partial charge in [-0.25, -0.2) is 4.98 Å². The van der Waals surface area contributed by atoms with Crippen LogP contribution >= 0.6 is 27.3 Å². The molecule has 0 aliphatic rings. The quantitative estimate of drug-likeness (QED) is 0.679. The summed E-state index contributed by atoms with van der Waals surface area (Å²) in [5, 5.41) is 11.5. The molecule has 0 aliphatic carbocycles. The Labute approximate surface area is 127 Å². The predicted octanol–water partition coefficient (Wildman–Crippen LogP) is 2.87. The molecule has 1 N–H and O–H groups in total. The highest BCUT2D eigenvalue weighted by Gasteiger charge is 2.28. The Morgan fingerprint density at radius 1 is 1.35 bits per heavy atom. The number of thiophene rings is 1. The van der Waals surface area contributed by atoms with Gasteiger partial charge in [0.2, 0.25) is 0 Å². The standard InChI is InChI=1S/C13H8BrN3O2S/c14-10-5-4-9(20-10)12(18)8(7-15)13(19)17-11-3-1-2-6-16-11/h1-6,8H,(H,16,17,19). The third-order valence-corrected chi connectivity index (χ3v) is 4.02. The van der Waals surface area contributed by atoms with Crippen molar-refractivity contribution in [2.24, 2.45) is 5.92 Å². The van der Waals surface area contributed by atoms with Crippen LogP contribution in [0.1, 0.15) is 9.67 Å². The van der Waals surface area contributed by atoms with Crippen molar-refractivity contribution in [1.82, 2.24) is 4.98 Å². The fraction of sp³-hybridized carbons (Fsp3) is 0.0769. The first-order chi connectivity index (χ1) is 9.61. The number of pyridine rings is 1. The van der Waals surface area contributed by atoms with Gasteiger partial charge in [0.25, 0.3) is 5.91 Å². The maximum atomic E-state index is 12.1. The van der Waals surface area contributed by atoms with Gasteiger partial charge in [0.1, 0.15) is 5.82 Å². The summed E-state index contributed by atoms with van der Waals surface area (Å²) in [6, 6.07) is 9.99. The molecule has 2 aromatic rings. The highest BCUT2D eigenvalue weighted by molar-refractivity contribution is 9.11. The Bertz CT molecular complexity index is 678. The number of rotatable bonds is 4. The predicted molar refractivity (Wildman–Crippen MR) is 78.3 cm³/mol. The normalized spacial score (nSPS) is 11.4. The van der Waals surface area contributed by atoms with Crippen LogP contribution in [0.25, 0.3) is 0 Å². The van der Waals surface area contributed by atoms with E-state index in [1.165, 1.54) is 17.5 Å². The van der Waals surface area contributed by atoms with Gasteiger partial charge in [0.05, 0.1) is 14.7 Å². The Hall–Kier alpha value is -2.04. The Kier molecular flexibility index (Phi) is 4.61. The second kappa shape index (κ2) is 6.41. The van der Waals surface area contributed by atoms with E-state index in [9.17, 15) is 9.59 Å². The number of amides is 1. The number of aromatic nitrogens is 1. The fourth-order valence-corrected chi connectivity index (χ4v) is 2.82. The number of hydrogen-bond acceptors (Lipinski definition) is 5. The van der Waals surface area contributed by atoms with Gasteiger partial charge in [-0.2, -0.15) is 5.26 Å². The molecule has 5 nitrogen and oxygen atoms in total. The first-order valence-corrected chi connectivity index (χ1v) is 7.14. The second-order valence-electron chi connectivity index (χ2n) is 3.73. The minimum atomic E-state index is -1.39. The number of ketones is 1. The number of Topliss-reactive ketones (excluding diaryl/α,β-unsaturated/α-hetero) is 1. The minimum absolute atomic E-state index is 0.304. The molecule has 0 aromatic carbocycles. The highest BCUT2D eigenvalue weighted by Crippen LogP contribution is 2.24. The van der Waals surface area contributed by atoms with Gasteiger partial charge in [0.15, 0.2) is 11.7 Å². The highest BCUT2D eigenvalue weighted by atomic mass is 79.9. The van der Waals surface area contributed by atoms with Crippen LogP contribution in [0.2, 0.25) is 0 Å². The molecule has 7 heteroatoms. The maximum Gasteiger partial charge on any atom is 0.250 e. The lowest BCUT2D eigenvalue weighted by Crippen LogP contribution is -2.28. The molecule has 0 radical (unpaired) electrons. The molecule has 0 fully saturated rings. The number of anilines is 1. The van der Waals surface area contributed by atoms with Crippen molar-refractivity contribution in [2.75, 3.05) is 5.32 Å². The monoisotopic (exact) mass is 349 g/mol. The van der Waals surface area contributed by atoms with Crippen LogP contribution in [0, 0.1) is 17.2 Å². The minimum Gasteiger partial charge on any atom is -0.309 e. The summed E-state index contributed by atoms with van der Waals surface area (Å²) in [5.41, 5.74) is 0. The van der Waals surface area contributed by atoms with E-state index in [0.717, 1.165) is 3.79 Å². The number of nitriles is 1. The molecule has 1 atom stereocenters. The van der Waals surface area contributed by atoms with Gasteiger partial charge in [-0.1, -0.05) is 6.07 Å². The molecular weight excluding hydrogens is 342 g/mol. The molecule has 0 bridgehead atoms. The van der Waals surface area contributed by atoms with Crippen molar-refractivity contribution in [2.45, 2.75) is 0 Å². The number of nitrogens with zero attached hydrogens (tertiary/aromatic N) is 2. The van der Waals surface area contributed by atoms with E-state index in [-0.39, 0.29) is 0 Å². The largest absolute Gasteiger partial charge is 0.309 e. The summed E-state index contributed by atoms with van der Waals surface area (Å²) in [6.07, 6.45) is 1.51. The van der Waals surface area contributed by atoms with Gasteiger partial charge < -0.3 is 5.32 Å². The maximum absolute atomic E-state index is 12.1. The van der Waals surface area contributed by atoms with Crippen molar-refractivity contribution >= 4 is 44.8 Å². The smallest absolute Gasteiger partial charge is 0.250 e. The van der Waals surface area contributed by atoms with E-state index < -0.39 is 17.6 Å². The molecule has 2 aromatic heterocycles. The van der Waals surface area contributed by atoms with Crippen molar-refractivity contribution in [3.05, 3.63) is 45.2 Å². The van der Waals surface area contributed by atoms with Crippen molar-refractivity contribution < 1.29 is 9.59 Å². The summed E-state index contributed by atoms with van der Waals surface area (Å²) < 4.78 is 0.766. The summed E-state index contributed by atoms with van der Waals surface area (Å²) in [6.45, 7) is 0. The number of halogens is 1. The van der Waals surface area contributed by atoms with Crippen LogP contribution in [0.15, 0.2) is 40.3 Å². The Morgan fingerprint density at radius 3 is 2.70 bits per heavy atom. The molecule has 0 spiro atoms. The average Bonchev–Trinajstić information content (AvgIpc) is 2.87. The lowest BCUT2D eigenvalue weighted by atomic mass is 10.0. The topological polar surface area (TPSA) is 82.8 Å². The molecule has 1 unspecified atom stereocenters. The van der Waals surface area contributed by atoms with E-state index >= 15 is 0 Å². The van der Waals surface area contributed by atoms with Crippen molar-refractivity contribution in [1.29, 1.82) is 5.26 Å². The molecule has 20 heavy (non-hydrogen) atoms. The zero-order valence-electron chi connectivity index (χ0n) is 10.0. The van der Waals surface area contributed by atoms with Crippen LogP contribution in [-0.2, 0) is 4.79 Å². The second-order valence-corrected chi connectivity index (χ2v) is 6.20. The lowest BCUT2D eigenvalue weighted by molar-refractivity contribution is -0.117. The molecular formula is C13H8BrN3O2S. The van der Waals surface area contributed by atoms with Crippen LogP contribution < -0.4 is 5.32 Å². The molecule has 0 saturated carbocycles. The van der Waals surface area contributed by atoms with Crippen LogP contribution in [-0.4, -0.2) is 16.7 Å². The zero-order valence-corrected chi connectivity index (χ0v) is 12.4. The number of nitrogens with one attached hydrogen (secondary N) is 1. The summed E-state index contributed by atoms with van der Waals surface area (Å²) >= 11 is 4.42. The summed E-state index contributed by atoms with van der Waals surface area (Å²) in [7, 11) is 0. The van der Waals surface area contributed by atoms with Crippen molar-refractivity contribution in [3.8, 4) is 6.07 Å². The number of carbonyl (C=O) groups is 2. The van der Waals surface area contributed by atoms with Gasteiger partial charge in [0, 0.05) is 6.20 Å². The van der Waals surface area contributed by atoms with Crippen LogP contribution in [0.3, 0.4) is 0 Å². The fourth-order valence-electron chi connectivity index (χ4n) is 1.46. The molecule has 0 aliphatic heterocycles. The van der Waals surface area contributed by atoms with E-state index in [4.69, 9.17) is 5.26 Å². The lowest BCUT2D eigenvalue weighted by Gasteiger charge is -2.07. The summed E-state index contributed by atoms with van der Waals surface area (Å²) in [4.78, 5) is 28.3. The van der Waals surface area contributed by atoms with Gasteiger partial charge in [-0.3, -0.25) is 9.59 Å². The van der Waals surface area contributed by atoms with E-state index in [2.05, 4.69) is 26.2 Å². The Morgan fingerprint density at radius 2 is 2.15 bits per heavy atom. The van der Waals surface area contributed by atoms with E-state index in [0.29, 0.717) is 10.7 Å². The van der Waals surface area contributed by atoms with Gasteiger partial charge in [-0.05, 0) is 40.2 Å². The van der Waals surface area contributed by atoms with Gasteiger partial charge in [-0.15, -0.1) is 11.3 Å². The van der Waals surface area contributed by atoms with E-state index in [1.54, 1.807) is 36.4 Å². The first-order valence-electron chi connectivity index (χ1n) is 5.53. The molecule has 100 valence electrons. The third-order valence-electron chi connectivity index (χ3n) is 2.39. The average molecular weight is 350 g/mol. The van der Waals surface area contributed by atoms with Crippen LogP contribution in [0.4, 0.5) is 5.82 Å². The zero-order chi connectivity index (χ0) is 14.5. The SMILES string of the molecule is N#CC(C(=O)Nc1ccccn1)C(=O)c1ccc(Br)s1. The number of hydrogen-bond donors (Lipinski definition) is 1. The molecule has 2 heterocycles. The number of carbonyl (C=O) groups excluding carboxylic acids is 2. The van der Waals surface area contributed by atoms with E-state index in [1.807, 2.05) is 0 Å². The third kappa shape index (κ3) is 3.29. The van der Waals surface area contributed by atoms with Crippen molar-refractivity contribution in [3.63, 3.8) is 0 Å². The molecule has 2 rings (SSSR count). The molecule has 0 saturated heterocycles. The molecule has 1 amide bonds. The van der Waals surface area contributed by atoms with Crippen LogP contribution in [0.5, 0.6) is 0 Å². The Balaban J connectivity index is 2.14. The first kappa shape index (κ1) is 14.4. The summed E-state index contributed by atoms with van der Waals surface area (Å²) in [5.74, 6) is -2.28. The van der Waals surface area contributed by atoms with Gasteiger partial charge >= 0.3 is 0 Å².